The molecule has 0 atom stereocenters. The highest BCUT2D eigenvalue weighted by Gasteiger charge is 2.24. The zero-order valence-corrected chi connectivity index (χ0v) is 16.3. The van der Waals surface area contributed by atoms with Gasteiger partial charge in [0.15, 0.2) is 11.5 Å². The Morgan fingerprint density at radius 3 is 1.89 bits per heavy atom. The second-order valence-corrected chi connectivity index (χ2v) is 6.53. The number of ether oxygens (including phenoxy) is 3. The Hall–Kier alpha value is -2.89. The number of carbonyl (C=O) groups is 1. The summed E-state index contributed by atoms with van der Waals surface area (Å²) < 4.78 is 16.0. The first-order valence-corrected chi connectivity index (χ1v) is 8.98. The Morgan fingerprint density at radius 1 is 0.852 bits per heavy atom. The fraction of sp³-hybridized carbons (Fsp3) is 0.381. The molecule has 0 bridgehead atoms. The van der Waals surface area contributed by atoms with Crippen molar-refractivity contribution >= 4 is 11.6 Å². The third kappa shape index (κ3) is 3.94. The van der Waals surface area contributed by atoms with Gasteiger partial charge in [-0.2, -0.15) is 0 Å². The molecular weight excluding hydrogens is 344 g/mol. The van der Waals surface area contributed by atoms with Crippen LogP contribution in [0.25, 0.3) is 0 Å². The maximum atomic E-state index is 13.0. The lowest BCUT2D eigenvalue weighted by Gasteiger charge is -2.36. The first kappa shape index (κ1) is 18.9. The Kier molecular flexibility index (Phi) is 5.74. The standard InChI is InChI=1S/C21H26N2O4/c1-15-5-7-17(8-6-15)22-9-11-23(12-10-22)21(24)16-13-18(25-2)20(27-4)19(14-16)26-3/h5-8,13-14H,9-12H2,1-4H3. The van der Waals surface area contributed by atoms with Crippen molar-refractivity contribution in [3.8, 4) is 17.2 Å². The van der Waals surface area contributed by atoms with Crippen LogP contribution >= 0.6 is 0 Å². The van der Waals surface area contributed by atoms with Crippen LogP contribution in [0.5, 0.6) is 17.2 Å². The van der Waals surface area contributed by atoms with Gasteiger partial charge in [-0.25, -0.2) is 0 Å². The molecule has 2 aromatic rings. The molecule has 0 radical (unpaired) electrons. The van der Waals surface area contributed by atoms with Crippen molar-refractivity contribution in [3.63, 3.8) is 0 Å². The lowest BCUT2D eigenvalue weighted by molar-refractivity contribution is 0.0746. The number of amides is 1. The summed E-state index contributed by atoms with van der Waals surface area (Å²) in [5.74, 6) is 1.43. The summed E-state index contributed by atoms with van der Waals surface area (Å²) in [5, 5.41) is 0. The highest BCUT2D eigenvalue weighted by molar-refractivity contribution is 5.95. The predicted molar refractivity (Wildman–Crippen MR) is 105 cm³/mol. The Labute approximate surface area is 160 Å². The van der Waals surface area contributed by atoms with Gasteiger partial charge in [-0.1, -0.05) is 17.7 Å². The largest absolute Gasteiger partial charge is 0.493 e. The predicted octanol–water partition coefficient (Wildman–Crippen LogP) is 2.98. The Bertz CT molecular complexity index is 771. The topological polar surface area (TPSA) is 51.2 Å². The monoisotopic (exact) mass is 370 g/mol. The minimum absolute atomic E-state index is 0.0298. The van der Waals surface area contributed by atoms with Crippen LogP contribution in [0.4, 0.5) is 5.69 Å². The van der Waals surface area contributed by atoms with Gasteiger partial charge >= 0.3 is 0 Å². The molecular formula is C21H26N2O4. The number of rotatable bonds is 5. The lowest BCUT2D eigenvalue weighted by atomic mass is 10.1. The molecule has 0 N–H and O–H groups in total. The summed E-state index contributed by atoms with van der Waals surface area (Å²) in [6, 6.07) is 11.9. The molecule has 1 aliphatic rings. The maximum Gasteiger partial charge on any atom is 0.254 e. The van der Waals surface area contributed by atoms with Crippen molar-refractivity contribution in [3.05, 3.63) is 47.5 Å². The lowest BCUT2D eigenvalue weighted by Crippen LogP contribution is -2.48. The smallest absolute Gasteiger partial charge is 0.254 e. The molecule has 1 heterocycles. The van der Waals surface area contributed by atoms with Crippen LogP contribution in [0.2, 0.25) is 0 Å². The number of piperazine rings is 1. The van der Waals surface area contributed by atoms with E-state index in [2.05, 4.69) is 36.1 Å². The van der Waals surface area contributed by atoms with Crippen molar-refractivity contribution in [1.82, 2.24) is 4.90 Å². The molecule has 1 saturated heterocycles. The molecule has 27 heavy (non-hydrogen) atoms. The molecule has 0 aromatic heterocycles. The van der Waals surface area contributed by atoms with E-state index in [1.807, 2.05) is 4.90 Å². The van der Waals surface area contributed by atoms with E-state index in [-0.39, 0.29) is 5.91 Å². The third-order valence-electron chi connectivity index (χ3n) is 4.88. The molecule has 0 saturated carbocycles. The number of benzene rings is 2. The molecule has 144 valence electrons. The van der Waals surface area contributed by atoms with Gasteiger partial charge in [0.25, 0.3) is 5.91 Å². The van der Waals surface area contributed by atoms with Crippen LogP contribution in [-0.4, -0.2) is 58.3 Å². The summed E-state index contributed by atoms with van der Waals surface area (Å²) >= 11 is 0. The second-order valence-electron chi connectivity index (χ2n) is 6.53. The van der Waals surface area contributed by atoms with E-state index in [1.165, 1.54) is 11.3 Å². The summed E-state index contributed by atoms with van der Waals surface area (Å²) in [6.07, 6.45) is 0. The molecule has 1 amide bonds. The van der Waals surface area contributed by atoms with Gasteiger partial charge in [-0.05, 0) is 31.2 Å². The van der Waals surface area contributed by atoms with Gasteiger partial charge in [0.1, 0.15) is 0 Å². The van der Waals surface area contributed by atoms with Crippen LogP contribution in [-0.2, 0) is 0 Å². The minimum atomic E-state index is -0.0298. The third-order valence-corrected chi connectivity index (χ3v) is 4.88. The summed E-state index contributed by atoms with van der Waals surface area (Å²) in [7, 11) is 4.64. The van der Waals surface area contributed by atoms with E-state index in [1.54, 1.807) is 33.5 Å². The summed E-state index contributed by atoms with van der Waals surface area (Å²) in [4.78, 5) is 17.1. The van der Waals surface area contributed by atoms with Gasteiger partial charge in [0, 0.05) is 37.4 Å². The Balaban J connectivity index is 1.73. The molecule has 0 unspecified atom stereocenters. The average Bonchev–Trinajstić information content (AvgIpc) is 2.72. The summed E-state index contributed by atoms with van der Waals surface area (Å²) in [6.45, 7) is 5.03. The SMILES string of the molecule is COc1cc(C(=O)N2CCN(c3ccc(C)cc3)CC2)cc(OC)c1OC. The Morgan fingerprint density at radius 2 is 1.41 bits per heavy atom. The number of carbonyl (C=O) groups excluding carboxylic acids is 1. The zero-order valence-electron chi connectivity index (χ0n) is 16.3. The van der Waals surface area contributed by atoms with Gasteiger partial charge in [-0.15, -0.1) is 0 Å². The second kappa shape index (κ2) is 8.20. The number of aryl methyl sites for hydroxylation is 1. The van der Waals surface area contributed by atoms with Crippen molar-refractivity contribution in [2.24, 2.45) is 0 Å². The minimum Gasteiger partial charge on any atom is -0.493 e. The number of methoxy groups -OCH3 is 3. The number of hydrogen-bond acceptors (Lipinski definition) is 5. The molecule has 3 rings (SSSR count). The van der Waals surface area contributed by atoms with Crippen LogP contribution in [0.15, 0.2) is 36.4 Å². The van der Waals surface area contributed by atoms with Crippen LogP contribution in [0.3, 0.4) is 0 Å². The van der Waals surface area contributed by atoms with Crippen molar-refractivity contribution in [1.29, 1.82) is 0 Å². The van der Waals surface area contributed by atoms with Crippen molar-refractivity contribution in [2.45, 2.75) is 6.92 Å². The average molecular weight is 370 g/mol. The zero-order chi connectivity index (χ0) is 19.4. The normalized spacial score (nSPS) is 14.1. The molecule has 0 spiro atoms. The van der Waals surface area contributed by atoms with Gasteiger partial charge in [0.2, 0.25) is 5.75 Å². The van der Waals surface area contributed by atoms with Crippen LogP contribution < -0.4 is 19.1 Å². The van der Waals surface area contributed by atoms with E-state index < -0.39 is 0 Å². The first-order chi connectivity index (χ1) is 13.1. The molecule has 6 nitrogen and oxygen atoms in total. The fourth-order valence-corrected chi connectivity index (χ4v) is 3.31. The first-order valence-electron chi connectivity index (χ1n) is 8.98. The van der Waals surface area contributed by atoms with E-state index in [0.717, 1.165) is 13.1 Å². The van der Waals surface area contributed by atoms with Crippen molar-refractivity contribution in [2.75, 3.05) is 52.4 Å². The quantitative estimate of drug-likeness (QED) is 0.810. The van der Waals surface area contributed by atoms with Crippen molar-refractivity contribution < 1.29 is 19.0 Å². The highest BCUT2D eigenvalue weighted by Crippen LogP contribution is 2.38. The van der Waals surface area contributed by atoms with E-state index >= 15 is 0 Å². The molecule has 0 aliphatic carbocycles. The number of nitrogens with zero attached hydrogens (tertiary/aromatic N) is 2. The molecule has 1 fully saturated rings. The number of anilines is 1. The van der Waals surface area contributed by atoms with Gasteiger partial charge in [-0.3, -0.25) is 4.79 Å². The fourth-order valence-electron chi connectivity index (χ4n) is 3.31. The van der Waals surface area contributed by atoms with E-state index in [0.29, 0.717) is 35.9 Å². The molecule has 2 aromatic carbocycles. The van der Waals surface area contributed by atoms with Crippen LogP contribution in [0, 0.1) is 6.92 Å². The summed E-state index contributed by atoms with van der Waals surface area (Å²) in [5.41, 5.74) is 2.98. The number of hydrogen-bond donors (Lipinski definition) is 0. The maximum absolute atomic E-state index is 13.0. The molecule has 1 aliphatic heterocycles. The van der Waals surface area contributed by atoms with Gasteiger partial charge in [0.05, 0.1) is 21.3 Å². The molecule has 6 heteroatoms. The van der Waals surface area contributed by atoms with E-state index in [9.17, 15) is 4.79 Å². The highest BCUT2D eigenvalue weighted by atomic mass is 16.5. The van der Waals surface area contributed by atoms with Crippen LogP contribution in [0.1, 0.15) is 15.9 Å². The van der Waals surface area contributed by atoms with E-state index in [4.69, 9.17) is 14.2 Å². The van der Waals surface area contributed by atoms with Gasteiger partial charge < -0.3 is 24.0 Å².